The van der Waals surface area contributed by atoms with Gasteiger partial charge in [-0.05, 0) is 58.8 Å². The Morgan fingerprint density at radius 2 is 2.24 bits per heavy atom. The van der Waals surface area contributed by atoms with Crippen LogP contribution in [0.1, 0.15) is 38.7 Å². The first-order chi connectivity index (χ1) is 9.88. The lowest BCUT2D eigenvalue weighted by molar-refractivity contribution is 0.0982. The van der Waals surface area contributed by atoms with Crippen molar-refractivity contribution >= 4 is 15.9 Å². The van der Waals surface area contributed by atoms with Crippen LogP contribution in [0.3, 0.4) is 0 Å². The van der Waals surface area contributed by atoms with Crippen LogP contribution in [-0.2, 0) is 0 Å². The van der Waals surface area contributed by atoms with Gasteiger partial charge >= 0.3 is 0 Å². The highest BCUT2D eigenvalue weighted by Gasteiger charge is 2.34. The molecule has 2 rings (SSSR count). The van der Waals surface area contributed by atoms with E-state index < -0.39 is 6.10 Å². The second kappa shape index (κ2) is 7.12. The second-order valence-corrected chi connectivity index (χ2v) is 7.59. The number of nitrogens with one attached hydrogen (secondary N) is 1. The maximum absolute atomic E-state index is 10.1. The highest BCUT2D eigenvalue weighted by Crippen LogP contribution is 2.37. The number of aliphatic hydroxyl groups excluding tert-OH is 1. The Kier molecular flexibility index (Phi) is 5.69. The van der Waals surface area contributed by atoms with Gasteiger partial charge in [0.2, 0.25) is 0 Å². The van der Waals surface area contributed by atoms with E-state index in [9.17, 15) is 5.11 Å². The van der Waals surface area contributed by atoms with Gasteiger partial charge < -0.3 is 15.2 Å². The number of aryl methyl sites for hydroxylation is 1. The van der Waals surface area contributed by atoms with Crippen molar-refractivity contribution in [2.24, 2.45) is 5.41 Å². The normalized spacial score (nSPS) is 22.2. The summed E-state index contributed by atoms with van der Waals surface area (Å²) in [4.78, 5) is 0. The molecular formula is C17H26BrNO2. The van der Waals surface area contributed by atoms with Crippen molar-refractivity contribution in [3.05, 3.63) is 28.2 Å². The van der Waals surface area contributed by atoms with Gasteiger partial charge in [0.05, 0.1) is 4.47 Å². The molecule has 4 heteroatoms. The average Bonchev–Trinajstić information content (AvgIpc) is 2.74. The van der Waals surface area contributed by atoms with Gasteiger partial charge in [-0.1, -0.05) is 26.3 Å². The first-order valence-electron chi connectivity index (χ1n) is 7.69. The van der Waals surface area contributed by atoms with E-state index in [1.54, 1.807) is 0 Å². The maximum Gasteiger partial charge on any atom is 0.133 e. The Bertz CT molecular complexity index is 476. The third kappa shape index (κ3) is 4.70. The van der Waals surface area contributed by atoms with E-state index in [1.807, 2.05) is 25.1 Å². The lowest BCUT2D eigenvalue weighted by atomic mass is 9.87. The van der Waals surface area contributed by atoms with Crippen molar-refractivity contribution in [1.29, 1.82) is 0 Å². The van der Waals surface area contributed by atoms with Crippen LogP contribution in [0, 0.1) is 12.3 Å². The summed E-state index contributed by atoms with van der Waals surface area (Å²) in [6.45, 7) is 7.52. The highest BCUT2D eigenvalue weighted by atomic mass is 79.9. The summed E-state index contributed by atoms with van der Waals surface area (Å²) in [5.41, 5.74) is 1.51. The van der Waals surface area contributed by atoms with E-state index in [4.69, 9.17) is 4.74 Å². The van der Waals surface area contributed by atoms with E-state index in [-0.39, 0.29) is 0 Å². The summed E-state index contributed by atoms with van der Waals surface area (Å²) in [5.74, 6) is 0.779. The van der Waals surface area contributed by atoms with Crippen molar-refractivity contribution in [2.45, 2.75) is 52.2 Å². The average molecular weight is 356 g/mol. The summed E-state index contributed by atoms with van der Waals surface area (Å²) in [6, 6.07) is 6.45. The Hall–Kier alpha value is -0.580. The van der Waals surface area contributed by atoms with E-state index in [0.29, 0.717) is 24.6 Å². The quantitative estimate of drug-likeness (QED) is 0.817. The lowest BCUT2D eigenvalue weighted by Gasteiger charge is -2.28. The van der Waals surface area contributed by atoms with Gasteiger partial charge in [-0.3, -0.25) is 0 Å². The number of ether oxygens (including phenoxy) is 1. The minimum atomic E-state index is -0.491. The van der Waals surface area contributed by atoms with Gasteiger partial charge in [0.15, 0.2) is 0 Å². The van der Waals surface area contributed by atoms with Gasteiger partial charge in [0, 0.05) is 12.6 Å². The topological polar surface area (TPSA) is 41.5 Å². The summed E-state index contributed by atoms with van der Waals surface area (Å²) >= 11 is 3.48. The number of hydrogen-bond donors (Lipinski definition) is 2. The van der Waals surface area contributed by atoms with Crippen LogP contribution in [0.2, 0.25) is 0 Å². The van der Waals surface area contributed by atoms with Crippen LogP contribution in [0.5, 0.6) is 5.75 Å². The fourth-order valence-electron chi connectivity index (χ4n) is 2.95. The molecule has 21 heavy (non-hydrogen) atoms. The first-order valence-corrected chi connectivity index (χ1v) is 8.48. The molecule has 1 aliphatic carbocycles. The zero-order valence-corrected chi connectivity index (χ0v) is 14.7. The Morgan fingerprint density at radius 3 is 2.86 bits per heavy atom. The van der Waals surface area contributed by atoms with Crippen LogP contribution in [0.15, 0.2) is 22.7 Å². The molecule has 0 amide bonds. The molecule has 1 aromatic rings. The van der Waals surface area contributed by atoms with E-state index in [1.165, 1.54) is 24.8 Å². The molecule has 0 aromatic heterocycles. The standard InChI is InChI=1S/C17H26BrNO2/c1-12-6-7-15(14(18)9-12)21-11-13(20)10-19-16-5-4-8-17(16,2)3/h6-7,9,13,16,19-20H,4-5,8,10-11H2,1-3H3. The Morgan fingerprint density at radius 1 is 1.48 bits per heavy atom. The molecule has 2 unspecified atom stereocenters. The van der Waals surface area contributed by atoms with Gasteiger partial charge in [0.25, 0.3) is 0 Å². The summed E-state index contributed by atoms with van der Waals surface area (Å²) in [6.07, 6.45) is 3.24. The fourth-order valence-corrected chi connectivity index (χ4v) is 3.56. The van der Waals surface area contributed by atoms with Crippen LogP contribution in [0.4, 0.5) is 0 Å². The molecule has 0 spiro atoms. The number of halogens is 1. The van der Waals surface area contributed by atoms with Gasteiger partial charge in [-0.25, -0.2) is 0 Å². The predicted octanol–water partition coefficient (Wildman–Crippen LogP) is 3.67. The number of benzene rings is 1. The highest BCUT2D eigenvalue weighted by molar-refractivity contribution is 9.10. The van der Waals surface area contributed by atoms with Gasteiger partial charge in [-0.15, -0.1) is 0 Å². The summed E-state index contributed by atoms with van der Waals surface area (Å²) in [5, 5.41) is 13.6. The third-order valence-corrected chi connectivity index (χ3v) is 5.00. The Labute approximate surface area is 136 Å². The van der Waals surface area contributed by atoms with E-state index in [2.05, 4.69) is 35.1 Å². The largest absolute Gasteiger partial charge is 0.490 e. The van der Waals surface area contributed by atoms with Gasteiger partial charge in [0.1, 0.15) is 18.5 Å². The monoisotopic (exact) mass is 355 g/mol. The zero-order chi connectivity index (χ0) is 15.5. The minimum Gasteiger partial charge on any atom is -0.490 e. The molecule has 1 aromatic carbocycles. The second-order valence-electron chi connectivity index (χ2n) is 6.74. The van der Waals surface area contributed by atoms with Crippen LogP contribution < -0.4 is 10.1 Å². The summed E-state index contributed by atoms with van der Waals surface area (Å²) in [7, 11) is 0. The van der Waals surface area contributed by atoms with Crippen molar-refractivity contribution in [3.63, 3.8) is 0 Å². The van der Waals surface area contributed by atoms with E-state index >= 15 is 0 Å². The van der Waals surface area contributed by atoms with Crippen LogP contribution in [0.25, 0.3) is 0 Å². The van der Waals surface area contributed by atoms with Crippen LogP contribution >= 0.6 is 15.9 Å². The molecule has 0 heterocycles. The molecule has 118 valence electrons. The smallest absolute Gasteiger partial charge is 0.133 e. The number of hydrogen-bond acceptors (Lipinski definition) is 3. The molecule has 3 nitrogen and oxygen atoms in total. The first kappa shape index (κ1) is 16.8. The summed E-state index contributed by atoms with van der Waals surface area (Å²) < 4.78 is 6.61. The maximum atomic E-state index is 10.1. The van der Waals surface area contributed by atoms with Crippen molar-refractivity contribution in [3.8, 4) is 5.75 Å². The van der Waals surface area contributed by atoms with Gasteiger partial charge in [-0.2, -0.15) is 0 Å². The number of aliphatic hydroxyl groups is 1. The van der Waals surface area contributed by atoms with E-state index in [0.717, 1.165) is 10.2 Å². The Balaban J connectivity index is 1.76. The number of rotatable bonds is 6. The predicted molar refractivity (Wildman–Crippen MR) is 89.8 cm³/mol. The SMILES string of the molecule is Cc1ccc(OCC(O)CNC2CCCC2(C)C)c(Br)c1. The van der Waals surface area contributed by atoms with Crippen LogP contribution in [-0.4, -0.2) is 30.4 Å². The molecular weight excluding hydrogens is 330 g/mol. The molecule has 1 saturated carbocycles. The zero-order valence-electron chi connectivity index (χ0n) is 13.2. The molecule has 0 saturated heterocycles. The van der Waals surface area contributed by atoms with Crippen molar-refractivity contribution < 1.29 is 9.84 Å². The molecule has 0 radical (unpaired) electrons. The minimum absolute atomic E-state index is 0.307. The van der Waals surface area contributed by atoms with Crippen molar-refractivity contribution in [2.75, 3.05) is 13.2 Å². The molecule has 2 atom stereocenters. The molecule has 1 aliphatic rings. The molecule has 0 bridgehead atoms. The fraction of sp³-hybridized carbons (Fsp3) is 0.647. The third-order valence-electron chi connectivity index (χ3n) is 4.38. The van der Waals surface area contributed by atoms with Crippen molar-refractivity contribution in [1.82, 2.24) is 5.32 Å². The molecule has 0 aliphatic heterocycles. The molecule has 1 fully saturated rings. The lowest BCUT2D eigenvalue weighted by Crippen LogP contribution is -2.43. The molecule has 2 N–H and O–H groups in total.